The fourth-order valence-corrected chi connectivity index (χ4v) is 2.59. The molecule has 1 atom stereocenters. The minimum atomic E-state index is -0.564. The van der Waals surface area contributed by atoms with Crippen molar-refractivity contribution >= 4 is 28.9 Å². The molecule has 1 aliphatic rings. The number of rotatable bonds is 7. The summed E-state index contributed by atoms with van der Waals surface area (Å²) in [7, 11) is 0. The summed E-state index contributed by atoms with van der Waals surface area (Å²) in [5.74, 6) is 0.234. The third-order valence-electron chi connectivity index (χ3n) is 3.70. The smallest absolute Gasteiger partial charge is 0.238 e. The maximum absolute atomic E-state index is 12.0. The highest BCUT2D eigenvalue weighted by molar-refractivity contribution is 6.18. The number of halogens is 1. The number of nitrogens with zero attached hydrogens (tertiary/aromatic N) is 1. The lowest BCUT2D eigenvalue weighted by Crippen LogP contribution is -2.36. The Morgan fingerprint density at radius 3 is 2.45 bits per heavy atom. The fourth-order valence-electron chi connectivity index (χ4n) is 2.48. The SMILES string of the molecule is O=C(CN1CCCCC1)Nc1ccc(NCC(O)CCl)cc1. The Morgan fingerprint density at radius 2 is 1.82 bits per heavy atom. The second-order valence-corrected chi connectivity index (χ2v) is 5.96. The van der Waals surface area contributed by atoms with Gasteiger partial charge in [-0.1, -0.05) is 6.42 Å². The zero-order valence-corrected chi connectivity index (χ0v) is 13.5. The van der Waals surface area contributed by atoms with Crippen molar-refractivity contribution in [3.8, 4) is 0 Å². The molecule has 1 aromatic rings. The Bertz CT molecular complexity index is 461. The first kappa shape index (κ1) is 17.1. The monoisotopic (exact) mass is 325 g/mol. The van der Waals surface area contributed by atoms with E-state index in [-0.39, 0.29) is 11.8 Å². The first-order chi connectivity index (χ1) is 10.7. The zero-order valence-electron chi connectivity index (χ0n) is 12.7. The van der Waals surface area contributed by atoms with Crippen LogP contribution in [-0.2, 0) is 4.79 Å². The Labute approximate surface area is 136 Å². The maximum Gasteiger partial charge on any atom is 0.238 e. The molecule has 0 radical (unpaired) electrons. The Balaban J connectivity index is 1.76. The number of carbonyl (C=O) groups excluding carboxylic acids is 1. The number of amides is 1. The van der Waals surface area contributed by atoms with Crippen molar-refractivity contribution in [1.82, 2.24) is 4.90 Å². The molecule has 22 heavy (non-hydrogen) atoms. The van der Waals surface area contributed by atoms with Gasteiger partial charge in [0.2, 0.25) is 5.91 Å². The van der Waals surface area contributed by atoms with E-state index >= 15 is 0 Å². The Hall–Kier alpha value is -1.30. The van der Waals surface area contributed by atoms with Gasteiger partial charge in [-0.25, -0.2) is 0 Å². The first-order valence-corrected chi connectivity index (χ1v) is 8.31. The van der Waals surface area contributed by atoms with E-state index in [9.17, 15) is 9.90 Å². The number of nitrogens with one attached hydrogen (secondary N) is 2. The zero-order chi connectivity index (χ0) is 15.8. The molecule has 1 aliphatic heterocycles. The van der Waals surface area contributed by atoms with Crippen LogP contribution in [0.1, 0.15) is 19.3 Å². The highest BCUT2D eigenvalue weighted by Gasteiger charge is 2.13. The van der Waals surface area contributed by atoms with Gasteiger partial charge < -0.3 is 15.7 Å². The van der Waals surface area contributed by atoms with E-state index in [1.165, 1.54) is 19.3 Å². The van der Waals surface area contributed by atoms with Gasteiger partial charge in [-0.2, -0.15) is 0 Å². The van der Waals surface area contributed by atoms with Gasteiger partial charge in [0.1, 0.15) is 0 Å². The second kappa shape index (κ2) is 8.98. The number of piperidine rings is 1. The van der Waals surface area contributed by atoms with Crippen LogP contribution >= 0.6 is 11.6 Å². The van der Waals surface area contributed by atoms with Crippen LogP contribution in [0.25, 0.3) is 0 Å². The van der Waals surface area contributed by atoms with Crippen LogP contribution in [0.3, 0.4) is 0 Å². The van der Waals surface area contributed by atoms with E-state index in [0.717, 1.165) is 24.5 Å². The number of anilines is 2. The summed E-state index contributed by atoms with van der Waals surface area (Å²) in [6, 6.07) is 7.45. The Morgan fingerprint density at radius 1 is 1.18 bits per heavy atom. The van der Waals surface area contributed by atoms with E-state index < -0.39 is 6.10 Å². The predicted octanol–water partition coefficient (Wildman–Crippen LogP) is 2.12. The first-order valence-electron chi connectivity index (χ1n) is 7.77. The minimum absolute atomic E-state index is 0.0279. The second-order valence-electron chi connectivity index (χ2n) is 5.65. The molecule has 1 aromatic carbocycles. The molecule has 0 aromatic heterocycles. The topological polar surface area (TPSA) is 64.6 Å². The van der Waals surface area contributed by atoms with Gasteiger partial charge in [-0.05, 0) is 50.2 Å². The van der Waals surface area contributed by atoms with E-state index in [1.807, 2.05) is 24.3 Å². The average molecular weight is 326 g/mol. The van der Waals surface area contributed by atoms with E-state index in [4.69, 9.17) is 11.6 Å². The standard InChI is InChI=1S/C16H24ClN3O2/c17-10-15(21)11-18-13-4-6-14(7-5-13)19-16(22)12-20-8-2-1-3-9-20/h4-7,15,18,21H,1-3,8-12H2,(H,19,22). The number of aliphatic hydroxyl groups is 1. The third kappa shape index (κ3) is 5.83. The molecule has 2 rings (SSSR count). The van der Waals surface area contributed by atoms with Gasteiger partial charge in [0.05, 0.1) is 18.5 Å². The van der Waals surface area contributed by atoms with E-state index in [0.29, 0.717) is 13.1 Å². The molecule has 0 spiro atoms. The van der Waals surface area contributed by atoms with Crippen LogP contribution in [0, 0.1) is 0 Å². The summed E-state index contributed by atoms with van der Waals surface area (Å²) in [5.41, 5.74) is 1.67. The molecule has 3 N–H and O–H groups in total. The quantitative estimate of drug-likeness (QED) is 0.672. The molecule has 1 saturated heterocycles. The number of hydrogen-bond donors (Lipinski definition) is 3. The van der Waals surface area contributed by atoms with Crippen molar-refractivity contribution in [3.05, 3.63) is 24.3 Å². The predicted molar refractivity (Wildman–Crippen MR) is 90.6 cm³/mol. The summed E-state index contributed by atoms with van der Waals surface area (Å²) >= 11 is 5.54. The lowest BCUT2D eigenvalue weighted by atomic mass is 10.1. The van der Waals surface area contributed by atoms with Crippen LogP contribution in [-0.4, -0.2) is 54.1 Å². The molecule has 0 bridgehead atoms. The maximum atomic E-state index is 12.0. The summed E-state index contributed by atoms with van der Waals surface area (Å²) in [4.78, 5) is 14.2. The molecule has 0 aliphatic carbocycles. The molecule has 5 nitrogen and oxygen atoms in total. The van der Waals surface area contributed by atoms with Gasteiger partial charge in [0, 0.05) is 17.9 Å². The Kier molecular flexibility index (Phi) is 6.96. The molecule has 1 fully saturated rings. The number of likely N-dealkylation sites (tertiary alicyclic amines) is 1. The van der Waals surface area contributed by atoms with Crippen molar-refractivity contribution in [1.29, 1.82) is 0 Å². The number of aliphatic hydroxyl groups excluding tert-OH is 1. The summed E-state index contributed by atoms with van der Waals surface area (Å²) in [5, 5.41) is 15.4. The van der Waals surface area contributed by atoms with Crippen molar-refractivity contribution in [3.63, 3.8) is 0 Å². The average Bonchev–Trinajstić information content (AvgIpc) is 2.54. The molecule has 6 heteroatoms. The van der Waals surface area contributed by atoms with Crippen LogP contribution in [0.5, 0.6) is 0 Å². The lowest BCUT2D eigenvalue weighted by molar-refractivity contribution is -0.117. The van der Waals surface area contributed by atoms with Gasteiger partial charge in [0.25, 0.3) is 0 Å². The number of hydrogen-bond acceptors (Lipinski definition) is 4. The lowest BCUT2D eigenvalue weighted by Gasteiger charge is -2.25. The largest absolute Gasteiger partial charge is 0.390 e. The van der Waals surface area contributed by atoms with Gasteiger partial charge >= 0.3 is 0 Å². The van der Waals surface area contributed by atoms with Gasteiger partial charge in [0.15, 0.2) is 0 Å². The van der Waals surface area contributed by atoms with Crippen molar-refractivity contribution < 1.29 is 9.90 Å². The highest BCUT2D eigenvalue weighted by Crippen LogP contribution is 2.14. The molecular formula is C16H24ClN3O2. The highest BCUT2D eigenvalue weighted by atomic mass is 35.5. The number of benzene rings is 1. The van der Waals surface area contributed by atoms with Crippen LogP contribution in [0.4, 0.5) is 11.4 Å². The van der Waals surface area contributed by atoms with Crippen LogP contribution in [0.2, 0.25) is 0 Å². The summed E-state index contributed by atoms with van der Waals surface area (Å²) in [6.07, 6.45) is 3.07. The molecule has 1 amide bonds. The molecule has 0 saturated carbocycles. The van der Waals surface area contributed by atoms with Crippen molar-refractivity contribution in [2.24, 2.45) is 0 Å². The van der Waals surface area contributed by atoms with Crippen LogP contribution in [0.15, 0.2) is 24.3 Å². The van der Waals surface area contributed by atoms with Gasteiger partial charge in [-0.3, -0.25) is 9.69 Å². The van der Waals surface area contributed by atoms with Crippen molar-refractivity contribution in [2.45, 2.75) is 25.4 Å². The van der Waals surface area contributed by atoms with Crippen LogP contribution < -0.4 is 10.6 Å². The third-order valence-corrected chi connectivity index (χ3v) is 4.06. The molecule has 122 valence electrons. The van der Waals surface area contributed by atoms with Crippen molar-refractivity contribution in [2.75, 3.05) is 42.7 Å². The minimum Gasteiger partial charge on any atom is -0.390 e. The number of carbonyl (C=O) groups is 1. The molecule has 1 heterocycles. The number of alkyl halides is 1. The molecular weight excluding hydrogens is 302 g/mol. The summed E-state index contributed by atoms with van der Waals surface area (Å²) in [6.45, 7) is 2.89. The van der Waals surface area contributed by atoms with E-state index in [1.54, 1.807) is 0 Å². The fraction of sp³-hybridized carbons (Fsp3) is 0.562. The normalized spacial score (nSPS) is 17.0. The molecule has 1 unspecified atom stereocenters. The summed E-state index contributed by atoms with van der Waals surface area (Å²) < 4.78 is 0. The van der Waals surface area contributed by atoms with Gasteiger partial charge in [-0.15, -0.1) is 11.6 Å². The van der Waals surface area contributed by atoms with E-state index in [2.05, 4.69) is 15.5 Å².